The molecule has 0 bridgehead atoms. The van der Waals surface area contributed by atoms with Gasteiger partial charge in [-0.1, -0.05) is 18.7 Å². The zero-order valence-corrected chi connectivity index (χ0v) is 7.14. The molecule has 1 nitrogen and oxygen atoms in total. The van der Waals surface area contributed by atoms with Crippen LogP contribution in [0.1, 0.15) is 19.8 Å². The third-order valence-electron chi connectivity index (χ3n) is 2.03. The summed E-state index contributed by atoms with van der Waals surface area (Å²) in [5.74, 6) is 0. The van der Waals surface area contributed by atoms with Crippen LogP contribution >= 0.6 is 0 Å². The predicted molar refractivity (Wildman–Crippen MR) is 48.3 cm³/mol. The number of allylic oxidation sites excluding steroid dienone is 1. The number of rotatable bonds is 1. The van der Waals surface area contributed by atoms with Gasteiger partial charge in [0.15, 0.2) is 0 Å². The maximum atomic E-state index is 3.64. The van der Waals surface area contributed by atoms with Crippen molar-refractivity contribution < 1.29 is 0 Å². The molecule has 0 atom stereocenters. The van der Waals surface area contributed by atoms with E-state index in [1.54, 1.807) is 0 Å². The van der Waals surface area contributed by atoms with Crippen LogP contribution in [0.4, 0.5) is 0 Å². The van der Waals surface area contributed by atoms with E-state index in [2.05, 4.69) is 36.3 Å². The first kappa shape index (κ1) is 8.16. The molecular weight excluding hydrogens is 134 g/mol. The van der Waals surface area contributed by atoms with Gasteiger partial charge in [-0.15, -0.1) is 5.73 Å². The molecule has 0 aromatic carbocycles. The molecule has 0 spiro atoms. The van der Waals surface area contributed by atoms with E-state index in [-0.39, 0.29) is 0 Å². The Kier molecular flexibility index (Phi) is 3.00. The summed E-state index contributed by atoms with van der Waals surface area (Å²) in [7, 11) is 0. The highest BCUT2D eigenvalue weighted by Gasteiger charge is 2.04. The molecule has 0 fully saturated rings. The van der Waals surface area contributed by atoms with Gasteiger partial charge in [-0.2, -0.15) is 0 Å². The molecule has 0 amide bonds. The lowest BCUT2D eigenvalue weighted by atomic mass is 10.3. The van der Waals surface area contributed by atoms with Gasteiger partial charge in [-0.05, 0) is 19.8 Å². The fourth-order valence-electron chi connectivity index (χ4n) is 1.26. The quantitative estimate of drug-likeness (QED) is 0.408. The van der Waals surface area contributed by atoms with E-state index in [4.69, 9.17) is 0 Å². The van der Waals surface area contributed by atoms with Crippen LogP contribution in [0.2, 0.25) is 0 Å². The summed E-state index contributed by atoms with van der Waals surface area (Å²) in [5.41, 5.74) is 4.10. The van der Waals surface area contributed by atoms with Crippen molar-refractivity contribution in [3.8, 4) is 0 Å². The molecule has 11 heavy (non-hydrogen) atoms. The summed E-state index contributed by atoms with van der Waals surface area (Å²) in [6.45, 7) is 7.94. The van der Waals surface area contributed by atoms with Crippen LogP contribution in [0, 0.1) is 0 Å². The maximum absolute atomic E-state index is 3.64. The van der Waals surface area contributed by atoms with Gasteiger partial charge in [0.25, 0.3) is 0 Å². The Morgan fingerprint density at radius 3 is 2.36 bits per heavy atom. The topological polar surface area (TPSA) is 3.24 Å². The SMILES string of the molecule is C=C=C(C)N1CCC=CCC1. The van der Waals surface area contributed by atoms with E-state index in [0.717, 1.165) is 25.9 Å². The summed E-state index contributed by atoms with van der Waals surface area (Å²) in [6, 6.07) is 0. The summed E-state index contributed by atoms with van der Waals surface area (Å²) < 4.78 is 0. The van der Waals surface area contributed by atoms with Crippen molar-refractivity contribution in [2.45, 2.75) is 19.8 Å². The molecule has 0 aromatic heterocycles. The highest BCUT2D eigenvalue weighted by atomic mass is 15.1. The Balaban J connectivity index is 2.53. The Hall–Kier alpha value is -0.940. The van der Waals surface area contributed by atoms with Crippen molar-refractivity contribution in [1.82, 2.24) is 4.90 Å². The summed E-state index contributed by atoms with van der Waals surface area (Å²) >= 11 is 0. The maximum Gasteiger partial charge on any atom is 0.0526 e. The molecule has 0 N–H and O–H groups in total. The molecule has 0 aliphatic carbocycles. The molecule has 1 aliphatic rings. The van der Waals surface area contributed by atoms with Gasteiger partial charge in [0, 0.05) is 13.1 Å². The van der Waals surface area contributed by atoms with Crippen molar-refractivity contribution in [2.24, 2.45) is 0 Å². The van der Waals surface area contributed by atoms with E-state index >= 15 is 0 Å². The monoisotopic (exact) mass is 149 g/mol. The highest BCUT2D eigenvalue weighted by molar-refractivity contribution is 4.98. The molecule has 0 saturated heterocycles. The van der Waals surface area contributed by atoms with Gasteiger partial charge >= 0.3 is 0 Å². The van der Waals surface area contributed by atoms with Gasteiger partial charge in [-0.3, -0.25) is 0 Å². The minimum Gasteiger partial charge on any atom is -0.368 e. The number of hydrogen-bond acceptors (Lipinski definition) is 1. The van der Waals surface area contributed by atoms with Crippen molar-refractivity contribution in [1.29, 1.82) is 0 Å². The molecule has 1 aliphatic heterocycles. The molecule has 0 unspecified atom stereocenters. The van der Waals surface area contributed by atoms with Crippen LogP contribution in [0.5, 0.6) is 0 Å². The van der Waals surface area contributed by atoms with E-state index < -0.39 is 0 Å². The largest absolute Gasteiger partial charge is 0.368 e. The van der Waals surface area contributed by atoms with E-state index in [1.807, 2.05) is 0 Å². The lowest BCUT2D eigenvalue weighted by Gasteiger charge is -2.21. The summed E-state index contributed by atoms with van der Waals surface area (Å²) in [6.07, 6.45) is 6.80. The first-order chi connectivity index (χ1) is 5.34. The standard InChI is InChI=1S/C10H15N/c1-3-10(2)11-8-6-4-5-7-9-11/h4-5H,1,6-9H2,2H3. The zero-order chi connectivity index (χ0) is 8.10. The molecular formula is C10H15N. The highest BCUT2D eigenvalue weighted by Crippen LogP contribution is 2.08. The first-order valence-corrected chi connectivity index (χ1v) is 4.11. The van der Waals surface area contributed by atoms with Crippen molar-refractivity contribution >= 4 is 0 Å². The zero-order valence-electron chi connectivity index (χ0n) is 7.14. The van der Waals surface area contributed by atoms with Crippen LogP contribution in [0.25, 0.3) is 0 Å². The number of hydrogen-bond donors (Lipinski definition) is 0. The second-order valence-corrected chi connectivity index (χ2v) is 2.80. The van der Waals surface area contributed by atoms with E-state index in [1.165, 1.54) is 5.70 Å². The molecule has 0 radical (unpaired) electrons. The van der Waals surface area contributed by atoms with Gasteiger partial charge in [-0.25, -0.2) is 0 Å². The van der Waals surface area contributed by atoms with Crippen LogP contribution in [0.15, 0.2) is 30.2 Å². The Labute approximate surface area is 68.7 Å². The lowest BCUT2D eigenvalue weighted by Crippen LogP contribution is -2.22. The third-order valence-corrected chi connectivity index (χ3v) is 2.03. The predicted octanol–water partition coefficient (Wildman–Crippen LogP) is 2.33. The summed E-state index contributed by atoms with van der Waals surface area (Å²) in [4.78, 5) is 2.33. The fraction of sp³-hybridized carbons (Fsp3) is 0.500. The Morgan fingerprint density at radius 2 is 1.91 bits per heavy atom. The smallest absolute Gasteiger partial charge is 0.0526 e. The van der Waals surface area contributed by atoms with Crippen LogP contribution in [0.3, 0.4) is 0 Å². The van der Waals surface area contributed by atoms with Crippen LogP contribution < -0.4 is 0 Å². The van der Waals surface area contributed by atoms with Crippen LogP contribution in [-0.2, 0) is 0 Å². The first-order valence-electron chi connectivity index (χ1n) is 4.11. The molecule has 1 rings (SSSR count). The van der Waals surface area contributed by atoms with E-state index in [9.17, 15) is 0 Å². The second kappa shape index (κ2) is 4.05. The normalized spacial score (nSPS) is 17.4. The van der Waals surface area contributed by atoms with Crippen molar-refractivity contribution in [2.75, 3.05) is 13.1 Å². The third kappa shape index (κ3) is 2.28. The molecule has 1 heterocycles. The van der Waals surface area contributed by atoms with Crippen molar-refractivity contribution in [3.63, 3.8) is 0 Å². The second-order valence-electron chi connectivity index (χ2n) is 2.80. The Morgan fingerprint density at radius 1 is 1.36 bits per heavy atom. The minimum absolute atomic E-state index is 1.12. The van der Waals surface area contributed by atoms with Gasteiger partial charge in [0.05, 0.1) is 5.70 Å². The van der Waals surface area contributed by atoms with Gasteiger partial charge in [0.2, 0.25) is 0 Å². The fourth-order valence-corrected chi connectivity index (χ4v) is 1.26. The minimum atomic E-state index is 1.12. The van der Waals surface area contributed by atoms with E-state index in [0.29, 0.717) is 0 Å². The van der Waals surface area contributed by atoms with Gasteiger partial charge < -0.3 is 4.90 Å². The molecule has 0 saturated carbocycles. The molecule has 0 aromatic rings. The molecule has 1 heteroatoms. The lowest BCUT2D eigenvalue weighted by molar-refractivity contribution is 0.365. The Bertz CT molecular complexity index is 187. The van der Waals surface area contributed by atoms with Gasteiger partial charge in [0.1, 0.15) is 0 Å². The summed E-state index contributed by atoms with van der Waals surface area (Å²) in [5, 5.41) is 0. The van der Waals surface area contributed by atoms with Crippen LogP contribution in [-0.4, -0.2) is 18.0 Å². The molecule has 60 valence electrons. The van der Waals surface area contributed by atoms with Crippen molar-refractivity contribution in [3.05, 3.63) is 30.2 Å². The number of nitrogens with zero attached hydrogens (tertiary/aromatic N) is 1. The average molecular weight is 149 g/mol. The average Bonchev–Trinajstić information content (AvgIpc) is 2.30.